The topological polar surface area (TPSA) is 100.0 Å². The van der Waals surface area contributed by atoms with E-state index in [4.69, 9.17) is 15.2 Å². The van der Waals surface area contributed by atoms with E-state index in [1.807, 2.05) is 13.8 Å². The summed E-state index contributed by atoms with van der Waals surface area (Å²) in [6, 6.07) is 3.22. The molecule has 108 valence electrons. The van der Waals surface area contributed by atoms with Crippen molar-refractivity contribution in [1.82, 2.24) is 0 Å². The zero-order valence-corrected chi connectivity index (χ0v) is 11.8. The van der Waals surface area contributed by atoms with Gasteiger partial charge in [-0.15, -0.1) is 0 Å². The number of hydrogen-bond acceptors (Lipinski definition) is 6. The van der Waals surface area contributed by atoms with Crippen molar-refractivity contribution < 1.29 is 14.4 Å². The lowest BCUT2D eigenvalue weighted by atomic mass is 9.89. The Morgan fingerprint density at radius 2 is 2.15 bits per heavy atom. The molecule has 0 bridgehead atoms. The molecule has 0 saturated heterocycles. The SMILES string of the molecule is COc1cc(C2OC(N)=NC2(C)C)c(C)cc1[N+](=O)[O-]. The van der Waals surface area contributed by atoms with E-state index >= 15 is 0 Å². The van der Waals surface area contributed by atoms with Gasteiger partial charge in [-0.05, 0) is 32.4 Å². The molecule has 7 nitrogen and oxygen atoms in total. The fourth-order valence-corrected chi connectivity index (χ4v) is 2.36. The van der Waals surface area contributed by atoms with Crippen LogP contribution < -0.4 is 10.5 Å². The van der Waals surface area contributed by atoms with Gasteiger partial charge in [0, 0.05) is 11.6 Å². The molecule has 0 fully saturated rings. The van der Waals surface area contributed by atoms with Gasteiger partial charge < -0.3 is 15.2 Å². The van der Waals surface area contributed by atoms with E-state index < -0.39 is 16.6 Å². The number of nitro groups is 1. The van der Waals surface area contributed by atoms with Crippen molar-refractivity contribution in [3.8, 4) is 5.75 Å². The Kier molecular flexibility index (Phi) is 3.29. The number of amidine groups is 1. The summed E-state index contributed by atoms with van der Waals surface area (Å²) in [5, 5.41) is 11.0. The molecule has 1 atom stereocenters. The van der Waals surface area contributed by atoms with E-state index in [1.165, 1.54) is 13.2 Å². The Balaban J connectivity index is 2.52. The molecule has 2 N–H and O–H groups in total. The monoisotopic (exact) mass is 279 g/mol. The lowest BCUT2D eigenvalue weighted by Crippen LogP contribution is -2.24. The van der Waals surface area contributed by atoms with E-state index in [0.717, 1.165) is 11.1 Å². The Morgan fingerprint density at radius 1 is 1.50 bits per heavy atom. The predicted octanol–water partition coefficient (Wildman–Crippen LogP) is 2.08. The Morgan fingerprint density at radius 3 is 2.60 bits per heavy atom. The summed E-state index contributed by atoms with van der Waals surface area (Å²) >= 11 is 0. The van der Waals surface area contributed by atoms with Crippen molar-refractivity contribution in [2.45, 2.75) is 32.4 Å². The van der Waals surface area contributed by atoms with Crippen LogP contribution in [-0.4, -0.2) is 23.6 Å². The molecule has 1 aromatic carbocycles. The Hall–Kier alpha value is -2.31. The highest BCUT2D eigenvalue weighted by atomic mass is 16.6. The van der Waals surface area contributed by atoms with Gasteiger partial charge in [0.2, 0.25) is 0 Å². The highest BCUT2D eigenvalue weighted by Crippen LogP contribution is 2.41. The first-order valence-electron chi connectivity index (χ1n) is 6.11. The third-order valence-corrected chi connectivity index (χ3v) is 3.33. The molecule has 1 unspecified atom stereocenters. The zero-order chi connectivity index (χ0) is 15.1. The number of nitrogens with two attached hydrogens (primary N) is 1. The number of rotatable bonds is 3. The van der Waals surface area contributed by atoms with E-state index in [1.54, 1.807) is 13.0 Å². The van der Waals surface area contributed by atoms with Crippen molar-refractivity contribution in [1.29, 1.82) is 0 Å². The van der Waals surface area contributed by atoms with Gasteiger partial charge >= 0.3 is 5.69 Å². The minimum atomic E-state index is -0.532. The van der Waals surface area contributed by atoms with Crippen LogP contribution in [0.25, 0.3) is 0 Å². The predicted molar refractivity (Wildman–Crippen MR) is 73.9 cm³/mol. The Labute approximate surface area is 116 Å². The van der Waals surface area contributed by atoms with Crippen LogP contribution in [-0.2, 0) is 4.74 Å². The fourth-order valence-electron chi connectivity index (χ4n) is 2.36. The van der Waals surface area contributed by atoms with Gasteiger partial charge in [-0.3, -0.25) is 10.1 Å². The molecular formula is C13H17N3O4. The lowest BCUT2D eigenvalue weighted by molar-refractivity contribution is -0.385. The van der Waals surface area contributed by atoms with Crippen LogP contribution in [0.3, 0.4) is 0 Å². The third-order valence-electron chi connectivity index (χ3n) is 3.33. The number of nitro benzene ring substituents is 1. The van der Waals surface area contributed by atoms with Gasteiger partial charge in [0.25, 0.3) is 6.02 Å². The number of methoxy groups -OCH3 is 1. The van der Waals surface area contributed by atoms with Gasteiger partial charge in [0.05, 0.1) is 12.0 Å². The molecule has 1 aliphatic heterocycles. The number of aliphatic imine (C=N–C) groups is 1. The largest absolute Gasteiger partial charge is 0.490 e. The number of nitrogens with zero attached hydrogens (tertiary/aromatic N) is 2. The molecule has 2 rings (SSSR count). The molecule has 1 heterocycles. The van der Waals surface area contributed by atoms with Gasteiger partial charge in [0.1, 0.15) is 5.54 Å². The van der Waals surface area contributed by atoms with Gasteiger partial charge in [-0.25, -0.2) is 4.99 Å². The van der Waals surface area contributed by atoms with Crippen molar-refractivity contribution in [2.75, 3.05) is 7.11 Å². The molecule has 0 saturated carbocycles. The van der Waals surface area contributed by atoms with Crippen LogP contribution in [0, 0.1) is 17.0 Å². The van der Waals surface area contributed by atoms with Crippen molar-refractivity contribution in [2.24, 2.45) is 10.7 Å². The summed E-state index contributed by atoms with van der Waals surface area (Å²) in [7, 11) is 1.40. The van der Waals surface area contributed by atoms with Crippen LogP contribution >= 0.6 is 0 Å². The second-order valence-corrected chi connectivity index (χ2v) is 5.24. The van der Waals surface area contributed by atoms with Gasteiger partial charge in [-0.1, -0.05) is 0 Å². The van der Waals surface area contributed by atoms with Crippen LogP contribution in [0.1, 0.15) is 31.1 Å². The smallest absolute Gasteiger partial charge is 0.311 e. The third kappa shape index (κ3) is 2.26. The molecule has 0 spiro atoms. The first-order chi connectivity index (χ1) is 9.26. The normalized spacial score (nSPS) is 20.2. The highest BCUT2D eigenvalue weighted by molar-refractivity contribution is 5.74. The van der Waals surface area contributed by atoms with Crippen molar-refractivity contribution in [3.05, 3.63) is 33.4 Å². The summed E-state index contributed by atoms with van der Waals surface area (Å²) in [4.78, 5) is 14.8. The van der Waals surface area contributed by atoms with Crippen LogP contribution in [0.15, 0.2) is 17.1 Å². The number of benzene rings is 1. The molecule has 0 radical (unpaired) electrons. The maximum atomic E-state index is 11.0. The van der Waals surface area contributed by atoms with E-state index in [-0.39, 0.29) is 17.5 Å². The van der Waals surface area contributed by atoms with Gasteiger partial charge in [0.15, 0.2) is 11.9 Å². The van der Waals surface area contributed by atoms with Crippen molar-refractivity contribution >= 4 is 11.7 Å². The van der Waals surface area contributed by atoms with Crippen LogP contribution in [0.5, 0.6) is 5.75 Å². The van der Waals surface area contributed by atoms with Gasteiger partial charge in [-0.2, -0.15) is 0 Å². The van der Waals surface area contributed by atoms with Crippen LogP contribution in [0.4, 0.5) is 5.69 Å². The zero-order valence-electron chi connectivity index (χ0n) is 11.8. The summed E-state index contributed by atoms with van der Waals surface area (Å²) in [5.74, 6) is 0.195. The summed E-state index contributed by atoms with van der Waals surface area (Å²) < 4.78 is 10.6. The molecule has 7 heteroatoms. The molecule has 0 aliphatic carbocycles. The van der Waals surface area contributed by atoms with Crippen LogP contribution in [0.2, 0.25) is 0 Å². The second kappa shape index (κ2) is 4.66. The second-order valence-electron chi connectivity index (χ2n) is 5.24. The van der Waals surface area contributed by atoms with E-state index in [2.05, 4.69) is 4.99 Å². The quantitative estimate of drug-likeness (QED) is 0.674. The van der Waals surface area contributed by atoms with E-state index in [9.17, 15) is 10.1 Å². The number of ether oxygens (including phenoxy) is 2. The fraction of sp³-hybridized carbons (Fsp3) is 0.462. The van der Waals surface area contributed by atoms with Crippen molar-refractivity contribution in [3.63, 3.8) is 0 Å². The molecule has 20 heavy (non-hydrogen) atoms. The Bertz CT molecular complexity index is 596. The average molecular weight is 279 g/mol. The molecule has 1 aromatic rings. The minimum Gasteiger partial charge on any atom is -0.490 e. The maximum Gasteiger partial charge on any atom is 0.311 e. The highest BCUT2D eigenvalue weighted by Gasteiger charge is 2.40. The summed E-state index contributed by atoms with van der Waals surface area (Å²) in [6.45, 7) is 5.57. The molecule has 0 amide bonds. The minimum absolute atomic E-state index is 0.0709. The molecular weight excluding hydrogens is 262 g/mol. The molecule has 1 aliphatic rings. The maximum absolute atomic E-state index is 11.0. The molecule has 0 aromatic heterocycles. The number of aryl methyl sites for hydroxylation is 1. The first-order valence-corrected chi connectivity index (χ1v) is 6.11. The number of hydrogen-bond donors (Lipinski definition) is 1. The average Bonchev–Trinajstić information content (AvgIpc) is 2.61. The summed E-state index contributed by atoms with van der Waals surface area (Å²) in [6.07, 6.45) is -0.391. The summed E-state index contributed by atoms with van der Waals surface area (Å²) in [5.41, 5.74) is 6.54. The lowest BCUT2D eigenvalue weighted by Gasteiger charge is -2.25. The van der Waals surface area contributed by atoms with E-state index in [0.29, 0.717) is 0 Å². The standard InChI is InChI=1S/C13H17N3O4/c1-7-5-9(16(17)18)10(19-4)6-8(7)11-13(2,3)15-12(14)20-11/h5-6,11H,1-4H3,(H2,14,15). The first kappa shape index (κ1) is 14.1.